The van der Waals surface area contributed by atoms with Gasteiger partial charge in [0.2, 0.25) is 0 Å². The molecule has 0 saturated heterocycles. The van der Waals surface area contributed by atoms with Gasteiger partial charge in [0.05, 0.1) is 40.6 Å². The lowest BCUT2D eigenvalue weighted by molar-refractivity contribution is -0.138. The maximum absolute atomic E-state index is 11.9. The quantitative estimate of drug-likeness (QED) is 0.370. The van der Waals surface area contributed by atoms with Crippen LogP contribution in [0.1, 0.15) is 5.56 Å². The lowest BCUT2D eigenvalue weighted by Gasteiger charge is -2.16. The summed E-state index contributed by atoms with van der Waals surface area (Å²) in [6, 6.07) is 4.89. The van der Waals surface area contributed by atoms with Crippen molar-refractivity contribution in [3.8, 4) is 0 Å². The third kappa shape index (κ3) is 6.69. The van der Waals surface area contributed by atoms with Crippen LogP contribution in [0.15, 0.2) is 41.7 Å². The molecule has 0 amide bonds. The van der Waals surface area contributed by atoms with E-state index in [1.165, 1.54) is 28.4 Å². The number of carbonyl (C=O) groups is 4. The summed E-state index contributed by atoms with van der Waals surface area (Å²) in [5.74, 6) is -3.07. The Morgan fingerprint density at radius 1 is 0.724 bits per heavy atom. The topological polar surface area (TPSA) is 129 Å². The third-order valence-electron chi connectivity index (χ3n) is 3.61. The van der Waals surface area contributed by atoms with E-state index < -0.39 is 23.9 Å². The van der Waals surface area contributed by atoms with Crippen LogP contribution in [-0.2, 0) is 38.1 Å². The van der Waals surface area contributed by atoms with Crippen molar-refractivity contribution in [1.29, 1.82) is 0 Å². The molecule has 1 aromatic carbocycles. The van der Waals surface area contributed by atoms with Crippen LogP contribution in [0, 0.1) is 6.92 Å². The van der Waals surface area contributed by atoms with Crippen molar-refractivity contribution >= 4 is 35.3 Å². The zero-order valence-electron chi connectivity index (χ0n) is 16.7. The molecule has 0 fully saturated rings. The highest BCUT2D eigenvalue weighted by Gasteiger charge is 2.17. The fourth-order valence-electron chi connectivity index (χ4n) is 2.06. The van der Waals surface area contributed by atoms with Gasteiger partial charge in [0.15, 0.2) is 0 Å². The molecule has 1 rings (SSSR count). The Labute approximate surface area is 167 Å². The Kier molecular flexibility index (Phi) is 8.90. The minimum atomic E-state index is -0.783. The average Bonchev–Trinajstić information content (AvgIpc) is 2.73. The fourth-order valence-corrected chi connectivity index (χ4v) is 2.06. The fraction of sp³-hybridized carbons (Fsp3) is 0.263. The average molecular weight is 406 g/mol. The van der Waals surface area contributed by atoms with Crippen molar-refractivity contribution in [2.45, 2.75) is 6.92 Å². The van der Waals surface area contributed by atoms with E-state index in [-0.39, 0.29) is 11.4 Å². The molecule has 0 aliphatic rings. The van der Waals surface area contributed by atoms with Crippen molar-refractivity contribution in [3.63, 3.8) is 0 Å². The van der Waals surface area contributed by atoms with Crippen LogP contribution in [0.25, 0.3) is 0 Å². The number of rotatable bonds is 8. The van der Waals surface area contributed by atoms with E-state index >= 15 is 0 Å². The van der Waals surface area contributed by atoms with Gasteiger partial charge >= 0.3 is 23.9 Å². The largest absolute Gasteiger partial charge is 0.466 e. The summed E-state index contributed by atoms with van der Waals surface area (Å²) in [4.78, 5) is 46.9. The van der Waals surface area contributed by atoms with Gasteiger partial charge in [0.25, 0.3) is 0 Å². The van der Waals surface area contributed by atoms with Gasteiger partial charge in [0.1, 0.15) is 11.4 Å². The zero-order valence-corrected chi connectivity index (χ0v) is 16.7. The van der Waals surface area contributed by atoms with Gasteiger partial charge in [-0.15, -0.1) is 0 Å². The first-order chi connectivity index (χ1) is 13.8. The van der Waals surface area contributed by atoms with E-state index in [0.29, 0.717) is 16.9 Å². The first-order valence-corrected chi connectivity index (χ1v) is 8.16. The molecule has 0 heterocycles. The molecular weight excluding hydrogens is 384 g/mol. The lowest BCUT2D eigenvalue weighted by atomic mass is 10.1. The summed E-state index contributed by atoms with van der Waals surface area (Å²) in [6.45, 7) is 1.69. The second kappa shape index (κ2) is 11.1. The molecular formula is C19H22N2O8. The Balaban J connectivity index is 3.28. The Morgan fingerprint density at radius 2 is 1.10 bits per heavy atom. The Bertz CT molecular complexity index is 792. The first kappa shape index (κ1) is 23.2. The highest BCUT2D eigenvalue weighted by molar-refractivity contribution is 6.00. The number of methoxy groups -OCH3 is 4. The number of anilines is 2. The molecule has 0 saturated carbocycles. The van der Waals surface area contributed by atoms with E-state index in [1.54, 1.807) is 25.1 Å². The summed E-state index contributed by atoms with van der Waals surface area (Å²) >= 11 is 0. The Hall–Kier alpha value is -3.82. The summed E-state index contributed by atoms with van der Waals surface area (Å²) in [5, 5.41) is 5.58. The molecule has 29 heavy (non-hydrogen) atoms. The molecule has 0 aliphatic carbocycles. The van der Waals surface area contributed by atoms with Crippen LogP contribution in [-0.4, -0.2) is 52.3 Å². The number of benzene rings is 1. The van der Waals surface area contributed by atoms with Crippen molar-refractivity contribution in [3.05, 3.63) is 47.3 Å². The highest BCUT2D eigenvalue weighted by Crippen LogP contribution is 2.26. The highest BCUT2D eigenvalue weighted by atomic mass is 16.5. The van der Waals surface area contributed by atoms with E-state index in [1.807, 2.05) is 0 Å². The van der Waals surface area contributed by atoms with Crippen LogP contribution in [0.5, 0.6) is 0 Å². The second-order valence-electron chi connectivity index (χ2n) is 5.37. The third-order valence-corrected chi connectivity index (χ3v) is 3.61. The van der Waals surface area contributed by atoms with Gasteiger partial charge in [0, 0.05) is 11.4 Å². The van der Waals surface area contributed by atoms with Crippen molar-refractivity contribution in [2.24, 2.45) is 0 Å². The van der Waals surface area contributed by atoms with E-state index in [2.05, 4.69) is 29.6 Å². The van der Waals surface area contributed by atoms with Crippen LogP contribution >= 0.6 is 0 Å². The summed E-state index contributed by atoms with van der Waals surface area (Å²) < 4.78 is 18.4. The minimum absolute atomic E-state index is 0.155. The first-order valence-electron chi connectivity index (χ1n) is 8.16. The van der Waals surface area contributed by atoms with Gasteiger partial charge in [-0.2, -0.15) is 0 Å². The number of nitrogens with one attached hydrogen (secondary N) is 2. The van der Waals surface area contributed by atoms with Crippen molar-refractivity contribution in [2.75, 3.05) is 39.1 Å². The smallest absolute Gasteiger partial charge is 0.354 e. The van der Waals surface area contributed by atoms with Gasteiger partial charge in [-0.25, -0.2) is 19.2 Å². The van der Waals surface area contributed by atoms with Crippen molar-refractivity contribution in [1.82, 2.24) is 0 Å². The second-order valence-corrected chi connectivity index (χ2v) is 5.37. The number of hydrogen-bond acceptors (Lipinski definition) is 10. The summed E-state index contributed by atoms with van der Waals surface area (Å²) in [5.41, 5.74) is 1.11. The molecule has 2 N–H and O–H groups in total. The molecule has 156 valence electrons. The van der Waals surface area contributed by atoms with Gasteiger partial charge < -0.3 is 29.6 Å². The van der Waals surface area contributed by atoms with Crippen molar-refractivity contribution < 1.29 is 38.1 Å². The van der Waals surface area contributed by atoms with Crippen LogP contribution < -0.4 is 10.6 Å². The Morgan fingerprint density at radius 3 is 1.41 bits per heavy atom. The van der Waals surface area contributed by atoms with Gasteiger partial charge in [-0.3, -0.25) is 0 Å². The minimum Gasteiger partial charge on any atom is -0.466 e. The molecule has 0 radical (unpaired) electrons. The molecule has 0 unspecified atom stereocenters. The van der Waals surface area contributed by atoms with Crippen LogP contribution in [0.3, 0.4) is 0 Å². The molecule has 0 spiro atoms. The maximum atomic E-state index is 11.9. The summed E-state index contributed by atoms with van der Waals surface area (Å²) in [6.07, 6.45) is 1.89. The zero-order chi connectivity index (χ0) is 22.0. The number of hydrogen-bond donors (Lipinski definition) is 2. The summed E-state index contributed by atoms with van der Waals surface area (Å²) in [7, 11) is 4.68. The number of carbonyl (C=O) groups excluding carboxylic acids is 4. The van der Waals surface area contributed by atoms with E-state index in [9.17, 15) is 19.2 Å². The molecule has 0 aliphatic heterocycles. The standard InChI is InChI=1S/C19H22N2O8/c1-11-12(20-14(18(24)28-4)9-16(22)26-2)7-6-8-13(11)21-15(19(25)29-5)10-17(23)27-3/h6-10,20-21H,1-5H3/b14-9+,15-10+. The lowest BCUT2D eigenvalue weighted by Crippen LogP contribution is -2.18. The normalized spacial score (nSPS) is 11.2. The maximum Gasteiger partial charge on any atom is 0.354 e. The molecule has 0 aromatic heterocycles. The molecule has 10 heteroatoms. The predicted molar refractivity (Wildman–Crippen MR) is 103 cm³/mol. The molecule has 10 nitrogen and oxygen atoms in total. The van der Waals surface area contributed by atoms with E-state index in [0.717, 1.165) is 12.2 Å². The predicted octanol–water partition coefficient (Wildman–Crippen LogP) is 1.28. The SMILES string of the molecule is COC(=O)/C=C(/Nc1cccc(N/C(=C/C(=O)OC)C(=O)OC)c1C)C(=O)OC. The molecule has 1 aromatic rings. The molecule has 0 atom stereocenters. The van der Waals surface area contributed by atoms with Gasteiger partial charge in [-0.1, -0.05) is 6.07 Å². The van der Waals surface area contributed by atoms with Gasteiger partial charge in [-0.05, 0) is 24.6 Å². The molecule has 0 bridgehead atoms. The van der Waals surface area contributed by atoms with E-state index in [4.69, 9.17) is 0 Å². The number of ether oxygens (including phenoxy) is 4. The monoisotopic (exact) mass is 406 g/mol. The number of esters is 4. The van der Waals surface area contributed by atoms with Crippen LogP contribution in [0.2, 0.25) is 0 Å². The van der Waals surface area contributed by atoms with Crippen LogP contribution in [0.4, 0.5) is 11.4 Å².